The summed E-state index contributed by atoms with van der Waals surface area (Å²) in [5.41, 5.74) is 5.24. The topological polar surface area (TPSA) is 64.1 Å². The van der Waals surface area contributed by atoms with E-state index in [1.54, 1.807) is 11.8 Å². The summed E-state index contributed by atoms with van der Waals surface area (Å²) in [6.07, 6.45) is 0. The zero-order chi connectivity index (χ0) is 18.5. The van der Waals surface area contributed by atoms with E-state index in [1.165, 1.54) is 0 Å². The van der Waals surface area contributed by atoms with Crippen LogP contribution in [0.5, 0.6) is 11.5 Å². The second kappa shape index (κ2) is 8.37. The zero-order valence-electron chi connectivity index (χ0n) is 14.5. The van der Waals surface area contributed by atoms with Crippen LogP contribution in [-0.4, -0.2) is 28.6 Å². The lowest BCUT2D eigenvalue weighted by Crippen LogP contribution is -2.16. The Balaban J connectivity index is 1.84. The van der Waals surface area contributed by atoms with Gasteiger partial charge in [-0.3, -0.25) is 0 Å². The Hall–Kier alpha value is -2.32. The summed E-state index contributed by atoms with van der Waals surface area (Å²) in [7, 11) is 1.63. The highest BCUT2D eigenvalue weighted by Crippen LogP contribution is 2.28. The average molecular weight is 435 g/mol. The van der Waals surface area contributed by atoms with Gasteiger partial charge in [-0.05, 0) is 64.9 Å². The van der Waals surface area contributed by atoms with Crippen molar-refractivity contribution in [1.82, 2.24) is 14.9 Å². The average Bonchev–Trinajstić information content (AvgIpc) is 3.02. The first-order chi connectivity index (χ1) is 12.6. The van der Waals surface area contributed by atoms with Crippen molar-refractivity contribution in [3.63, 3.8) is 0 Å². The van der Waals surface area contributed by atoms with E-state index in [-0.39, 0.29) is 0 Å². The van der Waals surface area contributed by atoms with Gasteiger partial charge >= 0.3 is 0 Å². The highest BCUT2D eigenvalue weighted by Gasteiger charge is 2.13. The molecule has 0 aliphatic heterocycles. The van der Waals surface area contributed by atoms with Crippen molar-refractivity contribution in [2.75, 3.05) is 19.1 Å². The van der Waals surface area contributed by atoms with E-state index < -0.39 is 0 Å². The molecule has 26 heavy (non-hydrogen) atoms. The van der Waals surface area contributed by atoms with Gasteiger partial charge < -0.3 is 14.9 Å². The van der Waals surface area contributed by atoms with E-state index in [1.807, 2.05) is 49.4 Å². The number of ether oxygens (including phenoxy) is 2. The predicted molar refractivity (Wildman–Crippen MR) is 108 cm³/mol. The van der Waals surface area contributed by atoms with E-state index in [2.05, 4.69) is 31.6 Å². The Labute approximate surface area is 165 Å². The molecule has 0 radical (unpaired) electrons. The number of nitrogens with zero attached hydrogens (tertiary/aromatic N) is 2. The fraction of sp³-hybridized carbons (Fsp3) is 0.222. The number of para-hydroxylation sites is 1. The number of methoxy groups -OCH3 is 1. The van der Waals surface area contributed by atoms with Gasteiger partial charge in [-0.2, -0.15) is 5.10 Å². The van der Waals surface area contributed by atoms with Crippen molar-refractivity contribution in [1.29, 1.82) is 0 Å². The van der Waals surface area contributed by atoms with E-state index in [4.69, 9.17) is 21.7 Å². The first kappa shape index (κ1) is 18.5. The molecule has 2 N–H and O–H groups in total. The van der Waals surface area contributed by atoms with E-state index in [0.717, 1.165) is 27.1 Å². The number of aromatic amines is 1. The standard InChI is InChI=1S/C18H19BrN4O2S/c1-3-25-16-9-8-12(10-14(16)19)11-20-23-17(21-22-18(23)26)13-6-4-5-7-15(13)24-2/h4-10,20H,3,11H2,1-2H3,(H,22,26). The summed E-state index contributed by atoms with van der Waals surface area (Å²) in [5, 5.41) is 7.17. The summed E-state index contributed by atoms with van der Waals surface area (Å²) in [5.74, 6) is 2.22. The Morgan fingerprint density at radius 2 is 2.04 bits per heavy atom. The second-order valence-electron chi connectivity index (χ2n) is 5.42. The monoisotopic (exact) mass is 434 g/mol. The van der Waals surface area contributed by atoms with Gasteiger partial charge in [0.1, 0.15) is 11.5 Å². The minimum atomic E-state index is 0.482. The van der Waals surface area contributed by atoms with Crippen LogP contribution in [0.1, 0.15) is 12.5 Å². The van der Waals surface area contributed by atoms with Gasteiger partial charge in [0, 0.05) is 0 Å². The van der Waals surface area contributed by atoms with E-state index in [9.17, 15) is 0 Å². The smallest absolute Gasteiger partial charge is 0.214 e. The molecule has 0 atom stereocenters. The maximum absolute atomic E-state index is 5.55. The van der Waals surface area contributed by atoms with Crippen molar-refractivity contribution >= 4 is 28.1 Å². The molecule has 1 heterocycles. The van der Waals surface area contributed by atoms with Crippen molar-refractivity contribution in [3.8, 4) is 22.9 Å². The van der Waals surface area contributed by atoms with Gasteiger partial charge in [0.2, 0.25) is 4.77 Å². The molecule has 136 valence electrons. The number of rotatable bonds is 7. The van der Waals surface area contributed by atoms with Crippen molar-refractivity contribution in [3.05, 3.63) is 57.3 Å². The molecule has 2 aromatic carbocycles. The third-order valence-electron chi connectivity index (χ3n) is 3.76. The van der Waals surface area contributed by atoms with Gasteiger partial charge in [-0.1, -0.05) is 18.2 Å². The summed E-state index contributed by atoms with van der Waals surface area (Å²) < 4.78 is 14.1. The molecule has 0 spiro atoms. The summed E-state index contributed by atoms with van der Waals surface area (Å²) in [4.78, 5) is 0. The van der Waals surface area contributed by atoms with Gasteiger partial charge in [-0.25, -0.2) is 9.77 Å². The van der Waals surface area contributed by atoms with Crippen LogP contribution in [0.2, 0.25) is 0 Å². The van der Waals surface area contributed by atoms with Gasteiger partial charge in [0.15, 0.2) is 5.82 Å². The Morgan fingerprint density at radius 1 is 1.23 bits per heavy atom. The fourth-order valence-electron chi connectivity index (χ4n) is 2.55. The molecule has 0 fully saturated rings. The zero-order valence-corrected chi connectivity index (χ0v) is 16.9. The molecule has 0 aliphatic rings. The largest absolute Gasteiger partial charge is 0.496 e. The first-order valence-electron chi connectivity index (χ1n) is 8.10. The number of halogens is 1. The molecule has 0 saturated heterocycles. The van der Waals surface area contributed by atoms with Crippen LogP contribution in [0, 0.1) is 4.77 Å². The molecule has 3 aromatic rings. The van der Waals surface area contributed by atoms with Crippen molar-refractivity contribution in [2.24, 2.45) is 0 Å². The van der Waals surface area contributed by atoms with Crippen LogP contribution in [0.15, 0.2) is 46.9 Å². The Kier molecular flexibility index (Phi) is 5.95. The SMILES string of the molecule is CCOc1ccc(CNn2c(-c3ccccc3OC)n[nH]c2=S)cc1Br. The highest BCUT2D eigenvalue weighted by molar-refractivity contribution is 9.10. The first-order valence-corrected chi connectivity index (χ1v) is 9.30. The second-order valence-corrected chi connectivity index (χ2v) is 6.66. The lowest BCUT2D eigenvalue weighted by atomic mass is 10.2. The lowest BCUT2D eigenvalue weighted by Gasteiger charge is -2.13. The minimum Gasteiger partial charge on any atom is -0.496 e. The highest BCUT2D eigenvalue weighted by atomic mass is 79.9. The summed E-state index contributed by atoms with van der Waals surface area (Å²) in [6.45, 7) is 3.16. The molecule has 0 unspecified atom stereocenters. The number of hydrogen-bond donors (Lipinski definition) is 2. The maximum atomic E-state index is 5.55. The number of benzene rings is 2. The predicted octanol–water partition coefficient (Wildman–Crippen LogP) is 4.52. The lowest BCUT2D eigenvalue weighted by molar-refractivity contribution is 0.338. The maximum Gasteiger partial charge on any atom is 0.214 e. The van der Waals surface area contributed by atoms with Crippen LogP contribution in [-0.2, 0) is 6.54 Å². The van der Waals surface area contributed by atoms with Crippen LogP contribution in [0.25, 0.3) is 11.4 Å². The molecular formula is C18H19BrN4O2S. The van der Waals surface area contributed by atoms with E-state index in [0.29, 0.717) is 23.7 Å². The van der Waals surface area contributed by atoms with Crippen LogP contribution in [0.3, 0.4) is 0 Å². The van der Waals surface area contributed by atoms with Gasteiger partial charge in [0.05, 0.1) is 30.3 Å². The Bertz CT molecular complexity index is 954. The number of nitrogens with one attached hydrogen (secondary N) is 2. The molecular weight excluding hydrogens is 416 g/mol. The number of aromatic nitrogens is 3. The normalized spacial score (nSPS) is 10.6. The van der Waals surface area contributed by atoms with Crippen molar-refractivity contribution in [2.45, 2.75) is 13.5 Å². The minimum absolute atomic E-state index is 0.482. The number of hydrogen-bond acceptors (Lipinski definition) is 5. The van der Waals surface area contributed by atoms with Gasteiger partial charge in [0.25, 0.3) is 0 Å². The molecule has 0 bridgehead atoms. The van der Waals surface area contributed by atoms with Crippen LogP contribution >= 0.6 is 28.1 Å². The van der Waals surface area contributed by atoms with Crippen LogP contribution in [0.4, 0.5) is 0 Å². The summed E-state index contributed by atoms with van der Waals surface area (Å²) >= 11 is 8.90. The fourth-order valence-corrected chi connectivity index (χ4v) is 3.29. The molecule has 0 amide bonds. The van der Waals surface area contributed by atoms with E-state index >= 15 is 0 Å². The van der Waals surface area contributed by atoms with Gasteiger partial charge in [-0.15, -0.1) is 0 Å². The molecule has 6 nitrogen and oxygen atoms in total. The third kappa shape index (κ3) is 3.91. The molecule has 8 heteroatoms. The number of H-pyrrole nitrogens is 1. The Morgan fingerprint density at radius 3 is 2.77 bits per heavy atom. The van der Waals surface area contributed by atoms with Crippen molar-refractivity contribution < 1.29 is 9.47 Å². The van der Waals surface area contributed by atoms with Crippen LogP contribution < -0.4 is 14.9 Å². The molecule has 0 saturated carbocycles. The third-order valence-corrected chi connectivity index (χ3v) is 4.65. The molecule has 0 aliphatic carbocycles. The summed E-state index contributed by atoms with van der Waals surface area (Å²) in [6, 6.07) is 13.7. The molecule has 3 rings (SSSR count). The quantitative estimate of drug-likeness (QED) is 0.535. The molecule has 1 aromatic heterocycles.